The number of carbonyl (C=O) groups excluding carboxylic acids is 2. The van der Waals surface area contributed by atoms with Gasteiger partial charge in [0.2, 0.25) is 0 Å². The molecule has 1 N–H and O–H groups in total. The minimum absolute atomic E-state index is 0.107. The van der Waals surface area contributed by atoms with Crippen LogP contribution < -0.4 is 5.32 Å². The summed E-state index contributed by atoms with van der Waals surface area (Å²) < 4.78 is 5.15. The van der Waals surface area contributed by atoms with E-state index in [0.717, 1.165) is 5.56 Å². The van der Waals surface area contributed by atoms with Crippen molar-refractivity contribution in [1.82, 2.24) is 5.32 Å². The van der Waals surface area contributed by atoms with E-state index in [1.54, 1.807) is 0 Å². The zero-order chi connectivity index (χ0) is 15.7. The number of alkyl carbamates (subject to hydrolysis) is 1. The zero-order valence-electron chi connectivity index (χ0n) is 12.5. The number of hydrogen-bond donors (Lipinski definition) is 1. The van der Waals surface area contributed by atoms with Crippen LogP contribution in [0.1, 0.15) is 32.3 Å². The van der Waals surface area contributed by atoms with Gasteiger partial charge in [-0.05, 0) is 18.4 Å². The summed E-state index contributed by atoms with van der Waals surface area (Å²) in [5, 5.41) is 3.01. The maximum atomic E-state index is 12.0. The first-order valence-corrected chi connectivity index (χ1v) is 8.24. The van der Waals surface area contributed by atoms with Crippen molar-refractivity contribution in [3.8, 4) is 0 Å². The van der Waals surface area contributed by atoms with Gasteiger partial charge in [0, 0.05) is 12.0 Å². The number of ketones is 1. The number of rotatable bonds is 8. The Morgan fingerprint density at radius 3 is 2.33 bits per heavy atom. The van der Waals surface area contributed by atoms with E-state index in [4.69, 9.17) is 4.74 Å². The molecule has 1 rings (SSSR count). The highest BCUT2D eigenvalue weighted by Crippen LogP contribution is 2.27. The SMILES string of the molecule is CCC(CC)(CNC(=O)OCc1ccccc1)C(=O)CBr. The van der Waals surface area contributed by atoms with Gasteiger partial charge in [0.1, 0.15) is 6.61 Å². The molecule has 0 radical (unpaired) electrons. The molecule has 5 heteroatoms. The molecule has 0 atom stereocenters. The molecule has 0 bridgehead atoms. The van der Waals surface area contributed by atoms with E-state index in [2.05, 4.69) is 21.2 Å². The average molecular weight is 356 g/mol. The van der Waals surface area contributed by atoms with Gasteiger partial charge in [-0.2, -0.15) is 0 Å². The third-order valence-corrected chi connectivity index (χ3v) is 4.36. The molecule has 0 spiro atoms. The van der Waals surface area contributed by atoms with Crippen molar-refractivity contribution in [2.24, 2.45) is 5.41 Å². The number of amides is 1. The molecule has 1 aromatic rings. The van der Waals surface area contributed by atoms with Crippen LogP contribution in [-0.4, -0.2) is 23.8 Å². The number of ether oxygens (including phenoxy) is 1. The van der Waals surface area contributed by atoms with E-state index in [9.17, 15) is 9.59 Å². The molecule has 0 aliphatic heterocycles. The Bertz CT molecular complexity index is 458. The van der Waals surface area contributed by atoms with Crippen LogP contribution in [0.25, 0.3) is 0 Å². The fraction of sp³-hybridized carbons (Fsp3) is 0.500. The smallest absolute Gasteiger partial charge is 0.407 e. The number of nitrogens with one attached hydrogen (secondary N) is 1. The number of carbonyl (C=O) groups is 2. The predicted molar refractivity (Wildman–Crippen MR) is 86.4 cm³/mol. The summed E-state index contributed by atoms with van der Waals surface area (Å²) in [6.07, 6.45) is 0.882. The van der Waals surface area contributed by atoms with Crippen LogP contribution in [0, 0.1) is 5.41 Å². The quantitative estimate of drug-likeness (QED) is 0.723. The Morgan fingerprint density at radius 1 is 1.19 bits per heavy atom. The van der Waals surface area contributed by atoms with Crippen molar-refractivity contribution in [3.05, 3.63) is 35.9 Å². The lowest BCUT2D eigenvalue weighted by Crippen LogP contribution is -2.43. The van der Waals surface area contributed by atoms with Gasteiger partial charge in [0.05, 0.1) is 5.33 Å². The number of hydrogen-bond acceptors (Lipinski definition) is 3. The Kier molecular flexibility index (Phi) is 7.43. The Hall–Kier alpha value is -1.36. The summed E-state index contributed by atoms with van der Waals surface area (Å²) in [7, 11) is 0. The number of Topliss-reactive ketones (excluding diaryl/α,β-unsaturated/α-hetero) is 1. The molecule has 1 aromatic carbocycles. The van der Waals surface area contributed by atoms with Crippen molar-refractivity contribution in [3.63, 3.8) is 0 Å². The van der Waals surface area contributed by atoms with Gasteiger partial charge in [0.15, 0.2) is 5.78 Å². The molecular formula is C16H22BrNO3. The standard InChI is InChI=1S/C16H22BrNO3/c1-3-16(4-2,14(19)10-17)12-18-15(20)21-11-13-8-6-5-7-9-13/h5-9H,3-4,10-12H2,1-2H3,(H,18,20). The van der Waals surface area contributed by atoms with Gasteiger partial charge in [0.25, 0.3) is 0 Å². The van der Waals surface area contributed by atoms with E-state index in [-0.39, 0.29) is 12.4 Å². The summed E-state index contributed by atoms with van der Waals surface area (Å²) in [6.45, 7) is 4.45. The Balaban J connectivity index is 2.48. The summed E-state index contributed by atoms with van der Waals surface area (Å²) >= 11 is 3.21. The third-order valence-electron chi connectivity index (χ3n) is 3.85. The zero-order valence-corrected chi connectivity index (χ0v) is 14.1. The molecule has 0 unspecified atom stereocenters. The van der Waals surface area contributed by atoms with E-state index in [0.29, 0.717) is 24.7 Å². The molecule has 0 heterocycles. The van der Waals surface area contributed by atoms with Gasteiger partial charge >= 0.3 is 6.09 Å². The fourth-order valence-electron chi connectivity index (χ4n) is 2.15. The Labute approximate surface area is 134 Å². The van der Waals surface area contributed by atoms with Crippen LogP contribution in [0.4, 0.5) is 4.79 Å². The van der Waals surface area contributed by atoms with Crippen LogP contribution in [0.2, 0.25) is 0 Å². The lowest BCUT2D eigenvalue weighted by atomic mass is 9.79. The van der Waals surface area contributed by atoms with Crippen LogP contribution >= 0.6 is 15.9 Å². The van der Waals surface area contributed by atoms with Gasteiger partial charge in [-0.1, -0.05) is 60.1 Å². The molecule has 0 saturated carbocycles. The second-order valence-corrected chi connectivity index (χ2v) is 5.52. The second-order valence-electron chi connectivity index (χ2n) is 4.96. The minimum Gasteiger partial charge on any atom is -0.445 e. The maximum absolute atomic E-state index is 12.0. The van der Waals surface area contributed by atoms with Crippen molar-refractivity contribution in [2.45, 2.75) is 33.3 Å². The first-order chi connectivity index (χ1) is 10.1. The minimum atomic E-state index is -0.519. The van der Waals surface area contributed by atoms with Gasteiger partial charge in [-0.25, -0.2) is 4.79 Å². The predicted octanol–water partition coefficient (Wildman–Crippen LogP) is 3.68. The topological polar surface area (TPSA) is 55.4 Å². The van der Waals surface area contributed by atoms with Crippen LogP contribution in [0.15, 0.2) is 30.3 Å². The van der Waals surface area contributed by atoms with Gasteiger partial charge in [-0.3, -0.25) is 4.79 Å². The Morgan fingerprint density at radius 2 is 1.81 bits per heavy atom. The highest BCUT2D eigenvalue weighted by Gasteiger charge is 2.34. The molecule has 116 valence electrons. The van der Waals surface area contributed by atoms with E-state index in [1.807, 2.05) is 44.2 Å². The van der Waals surface area contributed by atoms with E-state index >= 15 is 0 Å². The van der Waals surface area contributed by atoms with Gasteiger partial charge < -0.3 is 10.1 Å². The first-order valence-electron chi connectivity index (χ1n) is 7.11. The molecule has 4 nitrogen and oxygen atoms in total. The molecule has 0 fully saturated rings. The first kappa shape index (κ1) is 17.7. The molecule has 0 aliphatic carbocycles. The van der Waals surface area contributed by atoms with Crippen molar-refractivity contribution < 1.29 is 14.3 Å². The normalized spacial score (nSPS) is 11.0. The van der Waals surface area contributed by atoms with Crippen molar-refractivity contribution in [1.29, 1.82) is 0 Å². The number of benzene rings is 1. The van der Waals surface area contributed by atoms with Crippen LogP contribution in [0.5, 0.6) is 0 Å². The maximum Gasteiger partial charge on any atom is 0.407 e. The summed E-state index contributed by atoms with van der Waals surface area (Å²) in [5.41, 5.74) is 0.413. The van der Waals surface area contributed by atoms with Crippen molar-refractivity contribution in [2.75, 3.05) is 11.9 Å². The third kappa shape index (κ3) is 5.16. The summed E-state index contributed by atoms with van der Waals surface area (Å²) in [4.78, 5) is 23.8. The highest BCUT2D eigenvalue weighted by atomic mass is 79.9. The fourth-order valence-corrected chi connectivity index (χ4v) is 2.74. The van der Waals surface area contributed by atoms with Crippen LogP contribution in [-0.2, 0) is 16.1 Å². The number of alkyl halides is 1. The van der Waals surface area contributed by atoms with Gasteiger partial charge in [-0.15, -0.1) is 0 Å². The highest BCUT2D eigenvalue weighted by molar-refractivity contribution is 9.09. The van der Waals surface area contributed by atoms with Crippen LogP contribution in [0.3, 0.4) is 0 Å². The largest absolute Gasteiger partial charge is 0.445 e. The van der Waals surface area contributed by atoms with E-state index in [1.165, 1.54) is 0 Å². The molecule has 0 aliphatic rings. The van der Waals surface area contributed by atoms with E-state index < -0.39 is 11.5 Å². The molecule has 1 amide bonds. The lowest BCUT2D eigenvalue weighted by molar-refractivity contribution is -0.126. The molecule has 0 aromatic heterocycles. The number of halogens is 1. The molecule has 0 saturated heterocycles. The molecular weight excluding hydrogens is 334 g/mol. The summed E-state index contributed by atoms with van der Waals surface area (Å²) in [5.74, 6) is 0.107. The second kappa shape index (κ2) is 8.82. The summed E-state index contributed by atoms with van der Waals surface area (Å²) in [6, 6.07) is 9.48. The average Bonchev–Trinajstić information content (AvgIpc) is 2.54. The molecule has 21 heavy (non-hydrogen) atoms. The van der Waals surface area contributed by atoms with Crippen molar-refractivity contribution >= 4 is 27.8 Å². The lowest BCUT2D eigenvalue weighted by Gasteiger charge is -2.29. The monoisotopic (exact) mass is 355 g/mol.